The zero-order valence-electron chi connectivity index (χ0n) is 9.82. The molecule has 1 aromatic heterocycles. The zero-order valence-corrected chi connectivity index (χ0v) is 12.2. The number of carboxylic acid groups (broad SMARTS) is 1. The van der Waals surface area contributed by atoms with Gasteiger partial charge >= 0.3 is 5.97 Å². The summed E-state index contributed by atoms with van der Waals surface area (Å²) in [5.41, 5.74) is 0.557. The molecule has 0 amide bonds. The molecule has 1 unspecified atom stereocenters. The Balaban J connectivity index is 2.13. The third-order valence-corrected chi connectivity index (χ3v) is 5.61. The van der Waals surface area contributed by atoms with Crippen molar-refractivity contribution in [3.63, 3.8) is 0 Å². The van der Waals surface area contributed by atoms with Crippen molar-refractivity contribution in [2.45, 2.75) is 19.0 Å². The first-order valence-electron chi connectivity index (χ1n) is 5.50. The van der Waals surface area contributed by atoms with Crippen LogP contribution in [0, 0.1) is 0 Å². The van der Waals surface area contributed by atoms with Gasteiger partial charge in [0.2, 0.25) is 0 Å². The van der Waals surface area contributed by atoms with Gasteiger partial charge < -0.3 is 5.11 Å². The van der Waals surface area contributed by atoms with Crippen molar-refractivity contribution in [3.05, 3.63) is 10.0 Å². The van der Waals surface area contributed by atoms with E-state index in [-0.39, 0.29) is 24.5 Å². The summed E-state index contributed by atoms with van der Waals surface area (Å²) in [6.07, 6.45) is -0.214. The molecular formula is C9H12ClN3O4S2. The second-order valence-corrected chi connectivity index (χ2v) is 7.91. The first-order chi connectivity index (χ1) is 8.87. The van der Waals surface area contributed by atoms with Crippen LogP contribution in [0.1, 0.15) is 12.1 Å². The van der Waals surface area contributed by atoms with E-state index in [0.29, 0.717) is 16.6 Å². The molecule has 10 heteroatoms. The fraction of sp³-hybridized carbons (Fsp3) is 0.667. The molecule has 0 radical (unpaired) electrons. The lowest BCUT2D eigenvalue weighted by Gasteiger charge is -2.33. The Hall–Kier alpha value is -0.770. The molecule has 2 rings (SSSR count). The summed E-state index contributed by atoms with van der Waals surface area (Å²) in [5, 5.41) is 12.7. The van der Waals surface area contributed by atoms with E-state index in [1.807, 2.05) is 0 Å². The Morgan fingerprint density at radius 3 is 2.89 bits per heavy atom. The molecule has 1 saturated heterocycles. The standard InChI is InChI=1S/C9H12ClN3O4S2/c10-9-7(11-12-18-9)4-13-1-2-19(16,17)5-6(13)3-8(14)15/h6H,1-5H2,(H,14,15). The van der Waals surface area contributed by atoms with Crippen molar-refractivity contribution in [1.82, 2.24) is 14.5 Å². The molecule has 0 bridgehead atoms. The van der Waals surface area contributed by atoms with Crippen LogP contribution >= 0.6 is 23.1 Å². The van der Waals surface area contributed by atoms with E-state index in [1.165, 1.54) is 0 Å². The van der Waals surface area contributed by atoms with Gasteiger partial charge in [-0.2, -0.15) is 0 Å². The first kappa shape index (κ1) is 14.6. The maximum absolute atomic E-state index is 11.6. The predicted octanol–water partition coefficient (Wildman–Crippen LogP) is 0.265. The van der Waals surface area contributed by atoms with E-state index in [4.69, 9.17) is 16.7 Å². The molecule has 1 aliphatic heterocycles. The van der Waals surface area contributed by atoms with Gasteiger partial charge in [0, 0.05) is 30.7 Å². The topological polar surface area (TPSA) is 100 Å². The molecule has 0 aliphatic carbocycles. The average Bonchev–Trinajstić information content (AvgIpc) is 2.67. The second-order valence-electron chi connectivity index (χ2n) is 4.33. The predicted molar refractivity (Wildman–Crippen MR) is 70.0 cm³/mol. The summed E-state index contributed by atoms with van der Waals surface area (Å²) < 4.78 is 27.3. The molecule has 2 heterocycles. The normalized spacial score (nSPS) is 23.3. The van der Waals surface area contributed by atoms with Gasteiger partial charge in [-0.1, -0.05) is 16.1 Å². The minimum atomic E-state index is -3.17. The molecule has 1 aliphatic rings. The molecule has 0 aromatic carbocycles. The molecular weight excluding hydrogens is 314 g/mol. The van der Waals surface area contributed by atoms with Crippen molar-refractivity contribution >= 4 is 38.9 Å². The number of rotatable bonds is 4. The van der Waals surface area contributed by atoms with Gasteiger partial charge in [-0.25, -0.2) is 8.42 Å². The molecule has 19 heavy (non-hydrogen) atoms. The van der Waals surface area contributed by atoms with Gasteiger partial charge in [0.15, 0.2) is 9.84 Å². The van der Waals surface area contributed by atoms with Crippen LogP contribution in [0.5, 0.6) is 0 Å². The lowest BCUT2D eigenvalue weighted by Crippen LogP contribution is -2.48. The zero-order chi connectivity index (χ0) is 14.0. The van der Waals surface area contributed by atoms with Crippen molar-refractivity contribution in [3.8, 4) is 0 Å². The smallest absolute Gasteiger partial charge is 0.304 e. The van der Waals surface area contributed by atoms with Crippen LogP contribution in [0.4, 0.5) is 0 Å². The molecule has 7 nitrogen and oxygen atoms in total. The van der Waals surface area contributed by atoms with Crippen molar-refractivity contribution in [1.29, 1.82) is 0 Å². The van der Waals surface area contributed by atoms with Crippen LogP contribution in [0.25, 0.3) is 0 Å². The van der Waals surface area contributed by atoms with Gasteiger partial charge in [0.1, 0.15) is 10.0 Å². The molecule has 1 aromatic rings. The Bertz CT molecular complexity index is 574. The highest BCUT2D eigenvalue weighted by atomic mass is 35.5. The highest BCUT2D eigenvalue weighted by Crippen LogP contribution is 2.23. The lowest BCUT2D eigenvalue weighted by atomic mass is 10.2. The summed E-state index contributed by atoms with van der Waals surface area (Å²) >= 11 is 6.95. The molecule has 0 spiro atoms. The first-order valence-corrected chi connectivity index (χ1v) is 8.47. The van der Waals surface area contributed by atoms with Gasteiger partial charge in [-0.3, -0.25) is 9.69 Å². The van der Waals surface area contributed by atoms with Crippen LogP contribution in [0.15, 0.2) is 0 Å². The Morgan fingerprint density at radius 2 is 2.32 bits per heavy atom. The van der Waals surface area contributed by atoms with E-state index in [1.54, 1.807) is 4.90 Å². The van der Waals surface area contributed by atoms with E-state index in [0.717, 1.165) is 11.5 Å². The molecule has 1 N–H and O–H groups in total. The van der Waals surface area contributed by atoms with Crippen molar-refractivity contribution < 1.29 is 18.3 Å². The minimum absolute atomic E-state index is 0.0261. The summed E-state index contributed by atoms with van der Waals surface area (Å²) in [6, 6.07) is -0.547. The van der Waals surface area contributed by atoms with Gasteiger partial charge in [0.25, 0.3) is 0 Å². The van der Waals surface area contributed by atoms with Crippen LogP contribution in [-0.2, 0) is 21.2 Å². The maximum Gasteiger partial charge on any atom is 0.304 e. The van der Waals surface area contributed by atoms with E-state index < -0.39 is 21.8 Å². The fourth-order valence-corrected chi connectivity index (χ4v) is 4.21. The van der Waals surface area contributed by atoms with E-state index in [9.17, 15) is 13.2 Å². The molecule has 1 atom stereocenters. The summed E-state index contributed by atoms with van der Waals surface area (Å²) in [4.78, 5) is 12.6. The fourth-order valence-electron chi connectivity index (χ4n) is 2.00. The quantitative estimate of drug-likeness (QED) is 0.847. The highest BCUT2D eigenvalue weighted by Gasteiger charge is 2.33. The summed E-state index contributed by atoms with van der Waals surface area (Å²) in [7, 11) is -3.17. The van der Waals surface area contributed by atoms with Crippen molar-refractivity contribution in [2.75, 3.05) is 18.1 Å². The SMILES string of the molecule is O=C(O)CC1CS(=O)(=O)CCN1Cc1nnsc1Cl. The van der Waals surface area contributed by atoms with Crippen LogP contribution < -0.4 is 0 Å². The number of carbonyl (C=O) groups is 1. The number of nitrogens with zero attached hydrogens (tertiary/aromatic N) is 3. The summed E-state index contributed by atoms with van der Waals surface area (Å²) in [6.45, 7) is 0.608. The van der Waals surface area contributed by atoms with E-state index >= 15 is 0 Å². The Kier molecular flexibility index (Phi) is 4.39. The number of aliphatic carboxylic acids is 1. The van der Waals surface area contributed by atoms with Crippen LogP contribution in [0.2, 0.25) is 4.34 Å². The summed E-state index contributed by atoms with van der Waals surface area (Å²) in [5.74, 6) is -1.14. The third kappa shape index (κ3) is 3.85. The molecule has 1 fully saturated rings. The minimum Gasteiger partial charge on any atom is -0.481 e. The van der Waals surface area contributed by atoms with E-state index in [2.05, 4.69) is 9.59 Å². The molecule has 106 valence electrons. The number of carboxylic acids is 1. The van der Waals surface area contributed by atoms with Crippen molar-refractivity contribution in [2.24, 2.45) is 0 Å². The molecule has 0 saturated carbocycles. The Labute approximate surface area is 119 Å². The average molecular weight is 326 g/mol. The largest absolute Gasteiger partial charge is 0.481 e. The lowest BCUT2D eigenvalue weighted by molar-refractivity contribution is -0.138. The van der Waals surface area contributed by atoms with Gasteiger partial charge in [-0.05, 0) is 0 Å². The highest BCUT2D eigenvalue weighted by molar-refractivity contribution is 7.91. The van der Waals surface area contributed by atoms with Crippen LogP contribution in [-0.4, -0.2) is 58.1 Å². The number of aromatic nitrogens is 2. The Morgan fingerprint density at radius 1 is 1.58 bits per heavy atom. The number of sulfone groups is 1. The maximum atomic E-state index is 11.6. The van der Waals surface area contributed by atoms with Gasteiger partial charge in [0.05, 0.1) is 17.9 Å². The number of halogens is 1. The number of hydrogen-bond donors (Lipinski definition) is 1. The monoisotopic (exact) mass is 325 g/mol. The number of hydrogen-bond acceptors (Lipinski definition) is 7. The third-order valence-electron chi connectivity index (χ3n) is 2.92. The van der Waals surface area contributed by atoms with Crippen LogP contribution in [0.3, 0.4) is 0 Å². The second kappa shape index (κ2) is 5.70. The van der Waals surface area contributed by atoms with Gasteiger partial charge in [-0.15, -0.1) is 5.10 Å².